The van der Waals surface area contributed by atoms with Crippen molar-refractivity contribution in [2.24, 2.45) is 0 Å². The van der Waals surface area contributed by atoms with Gasteiger partial charge in [-0.05, 0) is 72.3 Å². The smallest absolute Gasteiger partial charge is 0.416 e. The number of methoxy groups -OCH3 is 1. The first-order chi connectivity index (χ1) is 19.8. The van der Waals surface area contributed by atoms with E-state index in [2.05, 4.69) is 10.1 Å². The van der Waals surface area contributed by atoms with Crippen LogP contribution in [0.1, 0.15) is 11.1 Å². The maximum atomic E-state index is 13.1. The largest absolute Gasteiger partial charge is 0.504 e. The van der Waals surface area contributed by atoms with Crippen LogP contribution >= 0.6 is 11.8 Å². The molecule has 4 aromatic rings. The highest BCUT2D eigenvalue weighted by atomic mass is 32.2. The predicted octanol–water partition coefficient (Wildman–Crippen LogP) is 5.42. The third-order valence-corrected chi connectivity index (χ3v) is 7.67. The van der Waals surface area contributed by atoms with Gasteiger partial charge in [-0.15, -0.1) is 5.10 Å². The number of hydrogen-bond acceptors (Lipinski definition) is 9. The van der Waals surface area contributed by atoms with E-state index in [0.717, 1.165) is 30.2 Å². The second-order valence-corrected chi connectivity index (χ2v) is 11.8. The molecule has 14 heteroatoms. The summed E-state index contributed by atoms with van der Waals surface area (Å²) in [5.41, 5.74) is 0.600. The van der Waals surface area contributed by atoms with Crippen LogP contribution in [-0.4, -0.2) is 60.0 Å². The van der Waals surface area contributed by atoms with Gasteiger partial charge in [0.2, 0.25) is 5.16 Å². The number of hydrogen-bond donors (Lipinski definition) is 1. The molecule has 3 aromatic carbocycles. The van der Waals surface area contributed by atoms with Crippen molar-refractivity contribution in [2.45, 2.75) is 16.2 Å². The number of alkyl halides is 3. The number of aromatic nitrogens is 3. The fourth-order valence-electron chi connectivity index (χ4n) is 3.65. The minimum atomic E-state index is -4.50. The Morgan fingerprint density at radius 1 is 1.07 bits per heavy atom. The second-order valence-electron chi connectivity index (χ2n) is 8.75. The molecule has 0 aliphatic rings. The summed E-state index contributed by atoms with van der Waals surface area (Å²) in [5, 5.41) is 14.3. The van der Waals surface area contributed by atoms with Crippen LogP contribution in [0, 0.1) is 0 Å². The van der Waals surface area contributed by atoms with Crippen LogP contribution in [0.25, 0.3) is 23.2 Å². The maximum Gasteiger partial charge on any atom is 0.416 e. The molecule has 4 rings (SSSR count). The first-order valence-corrected chi connectivity index (χ1v) is 15.0. The predicted molar refractivity (Wildman–Crippen MR) is 150 cm³/mol. The highest BCUT2D eigenvalue weighted by Crippen LogP contribution is 2.31. The zero-order chi connectivity index (χ0) is 30.5. The number of benzene rings is 3. The van der Waals surface area contributed by atoms with Crippen molar-refractivity contribution in [3.63, 3.8) is 0 Å². The van der Waals surface area contributed by atoms with Gasteiger partial charge in [0, 0.05) is 23.6 Å². The number of esters is 1. The molecule has 0 saturated carbocycles. The van der Waals surface area contributed by atoms with Crippen molar-refractivity contribution < 1.29 is 41.0 Å². The minimum absolute atomic E-state index is 0.0138. The molecular weight excluding hydrogens is 595 g/mol. The second kappa shape index (κ2) is 12.7. The van der Waals surface area contributed by atoms with Crippen LogP contribution in [0.2, 0.25) is 0 Å². The molecule has 9 nitrogen and oxygen atoms in total. The van der Waals surface area contributed by atoms with E-state index in [-0.39, 0.29) is 39.7 Å². The van der Waals surface area contributed by atoms with Gasteiger partial charge < -0.3 is 14.6 Å². The lowest BCUT2D eigenvalue weighted by Gasteiger charge is -2.09. The van der Waals surface area contributed by atoms with Crippen molar-refractivity contribution in [1.82, 2.24) is 14.8 Å². The number of phenolic OH excluding ortho intramolecular Hbond substituents is 1. The summed E-state index contributed by atoms with van der Waals surface area (Å²) in [6, 6.07) is 14.9. The highest BCUT2D eigenvalue weighted by molar-refractivity contribution is 7.99. The number of ether oxygens (including phenoxy) is 2. The molecule has 0 amide bonds. The van der Waals surface area contributed by atoms with Gasteiger partial charge in [0.1, 0.15) is 6.61 Å². The van der Waals surface area contributed by atoms with Crippen LogP contribution in [0.3, 0.4) is 0 Å². The Bertz CT molecular complexity index is 1700. The van der Waals surface area contributed by atoms with Gasteiger partial charge in [-0.25, -0.2) is 22.9 Å². The molecule has 0 bridgehead atoms. The van der Waals surface area contributed by atoms with Crippen molar-refractivity contribution in [2.75, 3.05) is 25.7 Å². The Labute approximate surface area is 243 Å². The fraction of sp³-hybridized carbons (Fsp3) is 0.179. The molecule has 0 aliphatic carbocycles. The van der Waals surface area contributed by atoms with Crippen molar-refractivity contribution in [3.05, 3.63) is 83.9 Å². The number of halogens is 3. The molecule has 0 unspecified atom stereocenters. The van der Waals surface area contributed by atoms with Crippen molar-refractivity contribution in [3.8, 4) is 28.6 Å². The van der Waals surface area contributed by atoms with Crippen LogP contribution in [0.5, 0.6) is 11.5 Å². The van der Waals surface area contributed by atoms with E-state index in [0.29, 0.717) is 16.8 Å². The average molecular weight is 620 g/mol. The molecule has 1 heterocycles. The molecule has 1 N–H and O–H groups in total. The topological polar surface area (TPSA) is 121 Å². The zero-order valence-corrected chi connectivity index (χ0v) is 23.8. The van der Waals surface area contributed by atoms with E-state index >= 15 is 0 Å². The Balaban J connectivity index is 1.47. The minimum Gasteiger partial charge on any atom is -0.504 e. The molecule has 0 atom stereocenters. The SMILES string of the molecule is COc1cc(/C=C/C(=O)OCCSc2nc(-c3ccc(S(C)(=O)=O)cc3)n(-c3ccc(C(F)(F)F)cc3)n2)ccc1O. The molecule has 1 aromatic heterocycles. The third kappa shape index (κ3) is 7.70. The van der Waals surface area contributed by atoms with Gasteiger partial charge in [-0.3, -0.25) is 0 Å². The molecule has 0 spiro atoms. The highest BCUT2D eigenvalue weighted by Gasteiger charge is 2.30. The lowest BCUT2D eigenvalue weighted by atomic mass is 10.2. The van der Waals surface area contributed by atoms with Gasteiger partial charge >= 0.3 is 12.1 Å². The van der Waals surface area contributed by atoms with E-state index in [4.69, 9.17) is 9.47 Å². The third-order valence-electron chi connectivity index (χ3n) is 5.74. The van der Waals surface area contributed by atoms with E-state index in [9.17, 15) is 31.5 Å². The Hall–Kier alpha value is -4.30. The summed E-state index contributed by atoms with van der Waals surface area (Å²) in [6.07, 6.45) is -0.692. The average Bonchev–Trinajstić information content (AvgIpc) is 3.38. The molecule has 0 fully saturated rings. The maximum absolute atomic E-state index is 13.1. The van der Waals surface area contributed by atoms with Gasteiger partial charge in [0.05, 0.1) is 23.3 Å². The summed E-state index contributed by atoms with van der Waals surface area (Å²) in [4.78, 5) is 16.7. The number of thioether (sulfide) groups is 1. The molecule has 220 valence electrons. The van der Waals surface area contributed by atoms with Gasteiger partial charge in [0.25, 0.3) is 0 Å². The number of rotatable bonds is 10. The molecule has 0 saturated heterocycles. The molecular formula is C28H24F3N3O6S2. The molecule has 42 heavy (non-hydrogen) atoms. The standard InChI is InChI=1S/C28H24F3N3O6S2/c1-39-24-17-18(3-13-23(24)35)4-14-25(36)40-15-16-41-27-32-26(19-5-11-22(12-6-19)42(2,37)38)34(33-27)21-9-7-20(8-10-21)28(29,30)31/h3-14,17,35H,15-16H2,1-2H3/b14-4+. The number of aromatic hydroxyl groups is 1. The van der Waals surface area contributed by atoms with Gasteiger partial charge in [0.15, 0.2) is 27.2 Å². The Morgan fingerprint density at radius 2 is 1.76 bits per heavy atom. The number of phenols is 1. The summed E-state index contributed by atoms with van der Waals surface area (Å²) in [5.74, 6) is 0.184. The van der Waals surface area contributed by atoms with E-state index in [1.807, 2.05) is 0 Å². The zero-order valence-electron chi connectivity index (χ0n) is 22.2. The van der Waals surface area contributed by atoms with Crippen LogP contribution in [-0.2, 0) is 25.5 Å². The summed E-state index contributed by atoms with van der Waals surface area (Å²) in [7, 11) is -2.03. The lowest BCUT2D eigenvalue weighted by molar-refractivity contribution is -0.138. The molecule has 0 aliphatic heterocycles. The Kier molecular flexibility index (Phi) is 9.27. The van der Waals surface area contributed by atoms with E-state index in [1.54, 1.807) is 12.1 Å². The normalized spacial score (nSPS) is 12.0. The fourth-order valence-corrected chi connectivity index (χ4v) is 4.92. The first-order valence-electron chi connectivity index (χ1n) is 12.1. The van der Waals surface area contributed by atoms with Crippen LogP contribution in [0.15, 0.2) is 82.9 Å². The number of sulfone groups is 1. The summed E-state index contributed by atoms with van der Waals surface area (Å²) in [6.45, 7) is 0.0138. The van der Waals surface area contributed by atoms with Crippen molar-refractivity contribution in [1.29, 1.82) is 0 Å². The number of carbonyl (C=O) groups is 1. The van der Waals surface area contributed by atoms with E-state index in [1.165, 1.54) is 66.4 Å². The summed E-state index contributed by atoms with van der Waals surface area (Å²) < 4.78 is 74.5. The van der Waals surface area contributed by atoms with E-state index < -0.39 is 27.5 Å². The number of carbonyl (C=O) groups excluding carboxylic acids is 1. The Morgan fingerprint density at radius 3 is 2.38 bits per heavy atom. The monoisotopic (exact) mass is 619 g/mol. The quantitative estimate of drug-likeness (QED) is 0.107. The van der Waals surface area contributed by atoms with Crippen LogP contribution in [0.4, 0.5) is 13.2 Å². The lowest BCUT2D eigenvalue weighted by Crippen LogP contribution is -2.06. The van der Waals surface area contributed by atoms with Gasteiger partial charge in [-0.1, -0.05) is 17.8 Å². The summed E-state index contributed by atoms with van der Waals surface area (Å²) >= 11 is 1.16. The van der Waals surface area contributed by atoms with Crippen LogP contribution < -0.4 is 4.74 Å². The molecule has 0 radical (unpaired) electrons. The first kappa shape index (κ1) is 30.7. The number of nitrogens with zero attached hydrogens (tertiary/aromatic N) is 3. The van der Waals surface area contributed by atoms with Gasteiger partial charge in [-0.2, -0.15) is 13.2 Å². The van der Waals surface area contributed by atoms with Crippen molar-refractivity contribution >= 4 is 33.6 Å².